The van der Waals surface area contributed by atoms with E-state index in [1.54, 1.807) is 11.3 Å². The van der Waals surface area contributed by atoms with Crippen molar-refractivity contribution in [3.63, 3.8) is 0 Å². The summed E-state index contributed by atoms with van der Waals surface area (Å²) in [6.07, 6.45) is 4.72. The summed E-state index contributed by atoms with van der Waals surface area (Å²) in [6.45, 7) is 2.33. The molecule has 7 heteroatoms. The van der Waals surface area contributed by atoms with E-state index in [2.05, 4.69) is 27.7 Å². The van der Waals surface area contributed by atoms with Gasteiger partial charge in [0.25, 0.3) is 0 Å². The maximum Gasteiger partial charge on any atom is 0.243 e. The lowest BCUT2D eigenvalue weighted by Crippen LogP contribution is -2.42. The highest BCUT2D eigenvalue weighted by Crippen LogP contribution is 2.23. The molecule has 0 spiro atoms. The lowest BCUT2D eigenvalue weighted by molar-refractivity contribution is -0.123. The number of hydrogen-bond donors (Lipinski definition) is 1. The number of hydrogen-bond acceptors (Lipinski definition) is 5. The first kappa shape index (κ1) is 14.2. The monoisotopic (exact) mass is 305 g/mol. The van der Waals surface area contributed by atoms with E-state index in [0.29, 0.717) is 11.7 Å². The molecular weight excluding hydrogens is 286 g/mol. The van der Waals surface area contributed by atoms with E-state index >= 15 is 0 Å². The van der Waals surface area contributed by atoms with Crippen LogP contribution in [0.5, 0.6) is 0 Å². The van der Waals surface area contributed by atoms with Gasteiger partial charge >= 0.3 is 0 Å². The molecule has 2 atom stereocenters. The molecule has 0 radical (unpaired) electrons. The Morgan fingerprint density at radius 2 is 2.33 bits per heavy atom. The summed E-state index contributed by atoms with van der Waals surface area (Å²) in [5.74, 6) is 1.07. The second-order valence-electron chi connectivity index (χ2n) is 5.59. The van der Waals surface area contributed by atoms with Crippen molar-refractivity contribution in [1.82, 2.24) is 25.5 Å². The fourth-order valence-electron chi connectivity index (χ4n) is 2.73. The summed E-state index contributed by atoms with van der Waals surface area (Å²) in [4.78, 5) is 13.4. The molecule has 1 aliphatic carbocycles. The average molecular weight is 305 g/mol. The number of thiophene rings is 1. The van der Waals surface area contributed by atoms with Crippen molar-refractivity contribution in [2.24, 2.45) is 5.92 Å². The van der Waals surface area contributed by atoms with E-state index in [9.17, 15) is 4.79 Å². The van der Waals surface area contributed by atoms with Crippen molar-refractivity contribution in [2.75, 3.05) is 0 Å². The molecule has 112 valence electrons. The molecule has 2 aromatic rings. The number of tetrazole rings is 1. The molecule has 3 rings (SSSR count). The minimum atomic E-state index is -0.0389. The first-order valence-corrected chi connectivity index (χ1v) is 8.26. The third-order valence-corrected chi connectivity index (χ3v) is 4.66. The molecule has 1 N–H and O–H groups in total. The van der Waals surface area contributed by atoms with Crippen LogP contribution in [0.25, 0.3) is 11.4 Å². The van der Waals surface area contributed by atoms with Crippen LogP contribution in [0.1, 0.15) is 32.6 Å². The second kappa shape index (κ2) is 6.34. The molecule has 0 aromatic carbocycles. The normalized spacial score (nSPS) is 22.1. The van der Waals surface area contributed by atoms with E-state index in [4.69, 9.17) is 0 Å². The lowest BCUT2D eigenvalue weighted by Gasteiger charge is -2.29. The van der Waals surface area contributed by atoms with Gasteiger partial charge in [-0.05, 0) is 35.4 Å². The smallest absolute Gasteiger partial charge is 0.243 e. The summed E-state index contributed by atoms with van der Waals surface area (Å²) in [5, 5.41) is 19.2. The largest absolute Gasteiger partial charge is 0.351 e. The van der Waals surface area contributed by atoms with E-state index < -0.39 is 0 Å². The molecule has 0 unspecified atom stereocenters. The quantitative estimate of drug-likeness (QED) is 0.939. The van der Waals surface area contributed by atoms with Crippen molar-refractivity contribution < 1.29 is 4.79 Å². The van der Waals surface area contributed by atoms with Gasteiger partial charge in [-0.25, -0.2) is 0 Å². The first-order valence-electron chi connectivity index (χ1n) is 7.32. The zero-order valence-electron chi connectivity index (χ0n) is 12.0. The topological polar surface area (TPSA) is 72.7 Å². The van der Waals surface area contributed by atoms with Gasteiger partial charge in [-0.1, -0.05) is 19.8 Å². The van der Waals surface area contributed by atoms with Crippen LogP contribution < -0.4 is 5.32 Å². The number of nitrogens with zero attached hydrogens (tertiary/aromatic N) is 4. The summed E-state index contributed by atoms with van der Waals surface area (Å²) < 4.78 is 0. The number of carbonyl (C=O) groups excluding carboxylic acids is 1. The third-order valence-electron chi connectivity index (χ3n) is 3.98. The molecule has 1 saturated carbocycles. The molecule has 1 amide bonds. The number of amides is 1. The summed E-state index contributed by atoms with van der Waals surface area (Å²) in [7, 11) is 0. The second-order valence-corrected chi connectivity index (χ2v) is 6.37. The van der Waals surface area contributed by atoms with Crippen LogP contribution >= 0.6 is 11.3 Å². The van der Waals surface area contributed by atoms with Gasteiger partial charge in [-0.15, -0.1) is 10.2 Å². The molecule has 21 heavy (non-hydrogen) atoms. The van der Waals surface area contributed by atoms with Crippen LogP contribution in [0.3, 0.4) is 0 Å². The summed E-state index contributed by atoms with van der Waals surface area (Å²) >= 11 is 1.58. The Balaban J connectivity index is 1.57. The van der Waals surface area contributed by atoms with Gasteiger partial charge in [0.2, 0.25) is 11.7 Å². The molecule has 1 aliphatic rings. The molecule has 2 aromatic heterocycles. The number of nitrogens with one attached hydrogen (secondary N) is 1. The molecule has 0 bridgehead atoms. The van der Waals surface area contributed by atoms with Gasteiger partial charge in [-0.2, -0.15) is 16.1 Å². The van der Waals surface area contributed by atoms with E-state index in [0.717, 1.165) is 12.0 Å². The van der Waals surface area contributed by atoms with Crippen LogP contribution in [0.2, 0.25) is 0 Å². The fraction of sp³-hybridized carbons (Fsp3) is 0.571. The minimum absolute atomic E-state index is 0.0389. The Kier molecular flexibility index (Phi) is 4.28. The first-order chi connectivity index (χ1) is 10.2. The van der Waals surface area contributed by atoms with Crippen LogP contribution in [-0.2, 0) is 11.3 Å². The zero-order chi connectivity index (χ0) is 14.7. The Labute approximate surface area is 127 Å². The highest BCUT2D eigenvalue weighted by atomic mass is 32.1. The average Bonchev–Trinajstić information content (AvgIpc) is 3.12. The Morgan fingerprint density at radius 3 is 3.10 bits per heavy atom. The van der Waals surface area contributed by atoms with Crippen molar-refractivity contribution in [3.8, 4) is 11.4 Å². The van der Waals surface area contributed by atoms with Crippen LogP contribution in [0.15, 0.2) is 16.8 Å². The van der Waals surface area contributed by atoms with Gasteiger partial charge in [0.05, 0.1) is 0 Å². The van der Waals surface area contributed by atoms with Crippen molar-refractivity contribution in [3.05, 3.63) is 16.8 Å². The van der Waals surface area contributed by atoms with Crippen molar-refractivity contribution in [1.29, 1.82) is 0 Å². The maximum atomic E-state index is 12.1. The molecule has 0 saturated heterocycles. The highest BCUT2D eigenvalue weighted by Gasteiger charge is 2.23. The molecule has 6 nitrogen and oxygen atoms in total. The SMILES string of the molecule is C[C@H]1CCCC[C@@H]1NC(=O)Cn1nnc(-c2ccsc2)n1. The van der Waals surface area contributed by atoms with E-state index in [1.165, 1.54) is 24.1 Å². The standard InChI is InChI=1S/C14H19N5OS/c1-10-4-2-3-5-12(10)15-13(20)8-19-17-14(16-18-19)11-6-7-21-9-11/h6-7,9-10,12H,2-5,8H2,1H3,(H,15,20)/t10-,12-/m0/s1. The van der Waals surface area contributed by atoms with Crippen molar-refractivity contribution >= 4 is 17.2 Å². The fourth-order valence-corrected chi connectivity index (χ4v) is 3.36. The van der Waals surface area contributed by atoms with Gasteiger partial charge in [0.15, 0.2) is 0 Å². The number of carbonyl (C=O) groups is 1. The predicted molar refractivity (Wildman–Crippen MR) is 80.7 cm³/mol. The Morgan fingerprint density at radius 1 is 1.48 bits per heavy atom. The molecule has 2 heterocycles. The van der Waals surface area contributed by atoms with Crippen LogP contribution in [0.4, 0.5) is 0 Å². The zero-order valence-corrected chi connectivity index (χ0v) is 12.8. The van der Waals surface area contributed by atoms with Gasteiger partial charge in [-0.3, -0.25) is 4.79 Å². The Hall–Kier alpha value is -1.76. The minimum Gasteiger partial charge on any atom is -0.351 e. The highest BCUT2D eigenvalue weighted by molar-refractivity contribution is 7.08. The predicted octanol–water partition coefficient (Wildman–Crippen LogP) is 2.10. The third kappa shape index (κ3) is 3.47. The number of aromatic nitrogens is 4. The summed E-state index contributed by atoms with van der Waals surface area (Å²) in [5.41, 5.74) is 0.938. The lowest BCUT2D eigenvalue weighted by atomic mass is 9.86. The summed E-state index contributed by atoms with van der Waals surface area (Å²) in [6, 6.07) is 2.22. The van der Waals surface area contributed by atoms with Crippen molar-refractivity contribution in [2.45, 2.75) is 45.2 Å². The van der Waals surface area contributed by atoms with E-state index in [1.807, 2.05) is 16.8 Å². The maximum absolute atomic E-state index is 12.1. The van der Waals surface area contributed by atoms with Gasteiger partial charge < -0.3 is 5.32 Å². The molecule has 1 fully saturated rings. The number of rotatable bonds is 4. The van der Waals surface area contributed by atoms with Crippen LogP contribution in [-0.4, -0.2) is 32.2 Å². The van der Waals surface area contributed by atoms with Gasteiger partial charge in [0.1, 0.15) is 6.54 Å². The van der Waals surface area contributed by atoms with Gasteiger partial charge in [0, 0.05) is 17.0 Å². The van der Waals surface area contributed by atoms with E-state index in [-0.39, 0.29) is 18.5 Å². The Bertz CT molecular complexity index is 594. The molecular formula is C14H19N5OS. The van der Waals surface area contributed by atoms with Crippen LogP contribution in [0, 0.1) is 5.92 Å². The molecule has 0 aliphatic heterocycles.